The third-order valence-corrected chi connectivity index (χ3v) is 1.68. The summed E-state index contributed by atoms with van der Waals surface area (Å²) in [5.74, 6) is -0.597. The third-order valence-electron chi connectivity index (χ3n) is 1.68. The fourth-order valence-corrected chi connectivity index (χ4v) is 1.08. The van der Waals surface area contributed by atoms with E-state index in [1.165, 1.54) is 6.08 Å². The molecule has 0 radical (unpaired) electrons. The summed E-state index contributed by atoms with van der Waals surface area (Å²) in [7, 11) is 0. The SMILES string of the molecule is O=C(O)C1=CC=C2NC=CC=C2O1. The molecule has 4 nitrogen and oxygen atoms in total. The average molecular weight is 177 g/mol. The van der Waals surface area contributed by atoms with Crippen molar-refractivity contribution in [2.75, 3.05) is 0 Å². The highest BCUT2D eigenvalue weighted by Gasteiger charge is 2.18. The van der Waals surface area contributed by atoms with Crippen molar-refractivity contribution in [2.45, 2.75) is 0 Å². The molecule has 0 fully saturated rings. The van der Waals surface area contributed by atoms with Crippen LogP contribution in [0.3, 0.4) is 0 Å². The summed E-state index contributed by atoms with van der Waals surface area (Å²) in [5, 5.41) is 11.6. The van der Waals surface area contributed by atoms with Crippen molar-refractivity contribution in [1.29, 1.82) is 0 Å². The number of hydrogen-bond acceptors (Lipinski definition) is 3. The number of fused-ring (bicyclic) bond motifs is 1. The van der Waals surface area contributed by atoms with Crippen molar-refractivity contribution in [2.24, 2.45) is 0 Å². The first-order chi connectivity index (χ1) is 6.27. The van der Waals surface area contributed by atoms with Crippen molar-refractivity contribution < 1.29 is 14.6 Å². The van der Waals surface area contributed by atoms with E-state index in [0.29, 0.717) is 5.76 Å². The maximum atomic E-state index is 10.5. The fraction of sp³-hybridized carbons (Fsp3) is 0. The van der Waals surface area contributed by atoms with E-state index >= 15 is 0 Å². The Morgan fingerprint density at radius 3 is 3.00 bits per heavy atom. The number of aliphatic carboxylic acids is 1. The number of carboxylic acids is 1. The highest BCUT2D eigenvalue weighted by Crippen LogP contribution is 2.21. The summed E-state index contributed by atoms with van der Waals surface area (Å²) in [4.78, 5) is 10.5. The van der Waals surface area contributed by atoms with Crippen LogP contribution in [0.25, 0.3) is 0 Å². The molecule has 0 unspecified atom stereocenters. The van der Waals surface area contributed by atoms with E-state index in [9.17, 15) is 4.79 Å². The molecule has 0 aromatic heterocycles. The second-order valence-electron chi connectivity index (χ2n) is 2.55. The standard InChI is InChI=1S/C9H7NO3/c11-9(12)8-4-3-6-7(13-8)2-1-5-10-6/h1-5,10H,(H,11,12). The molecule has 2 heterocycles. The number of dihydropyridines is 1. The van der Waals surface area contributed by atoms with Crippen LogP contribution in [0.1, 0.15) is 0 Å². The van der Waals surface area contributed by atoms with Gasteiger partial charge >= 0.3 is 5.97 Å². The van der Waals surface area contributed by atoms with Crippen molar-refractivity contribution in [1.82, 2.24) is 5.32 Å². The van der Waals surface area contributed by atoms with E-state index in [1.54, 1.807) is 24.4 Å². The lowest BCUT2D eigenvalue weighted by molar-refractivity contribution is -0.135. The Morgan fingerprint density at radius 1 is 1.38 bits per heavy atom. The third kappa shape index (κ3) is 1.33. The summed E-state index contributed by atoms with van der Waals surface area (Å²) in [5.41, 5.74) is 0.771. The molecule has 0 spiro atoms. The van der Waals surface area contributed by atoms with E-state index in [4.69, 9.17) is 9.84 Å². The minimum absolute atomic E-state index is 0.0629. The van der Waals surface area contributed by atoms with Crippen molar-refractivity contribution in [3.05, 3.63) is 47.7 Å². The van der Waals surface area contributed by atoms with Gasteiger partial charge in [0.05, 0.1) is 5.70 Å². The predicted molar refractivity (Wildman–Crippen MR) is 45.2 cm³/mol. The molecule has 2 aliphatic rings. The van der Waals surface area contributed by atoms with Gasteiger partial charge in [0.15, 0.2) is 5.76 Å². The van der Waals surface area contributed by atoms with Crippen LogP contribution in [0.2, 0.25) is 0 Å². The number of nitrogens with one attached hydrogen (secondary N) is 1. The fourth-order valence-electron chi connectivity index (χ4n) is 1.08. The molecule has 4 heteroatoms. The molecule has 2 aliphatic heterocycles. The molecular formula is C9H7NO3. The summed E-state index contributed by atoms with van der Waals surface area (Å²) in [6, 6.07) is 0. The van der Waals surface area contributed by atoms with Gasteiger partial charge in [0, 0.05) is 6.20 Å². The maximum absolute atomic E-state index is 10.5. The molecule has 0 saturated carbocycles. The zero-order valence-electron chi connectivity index (χ0n) is 6.65. The Hall–Kier alpha value is -1.97. The van der Waals surface area contributed by atoms with Crippen LogP contribution in [-0.2, 0) is 9.53 Å². The number of allylic oxidation sites excluding steroid dienone is 4. The lowest BCUT2D eigenvalue weighted by Gasteiger charge is -2.18. The first-order valence-electron chi connectivity index (χ1n) is 3.74. The number of ether oxygens (including phenoxy) is 1. The Bertz CT molecular complexity index is 374. The number of carbonyl (C=O) groups is 1. The quantitative estimate of drug-likeness (QED) is 0.624. The topological polar surface area (TPSA) is 58.6 Å². The van der Waals surface area contributed by atoms with Crippen LogP contribution in [0.5, 0.6) is 0 Å². The normalized spacial score (nSPS) is 18.6. The van der Waals surface area contributed by atoms with E-state index in [0.717, 1.165) is 5.70 Å². The Labute approximate surface area is 74.5 Å². The first kappa shape index (κ1) is 7.67. The van der Waals surface area contributed by atoms with Crippen molar-refractivity contribution in [3.63, 3.8) is 0 Å². The number of rotatable bonds is 1. The van der Waals surface area contributed by atoms with Crippen LogP contribution in [-0.4, -0.2) is 11.1 Å². The van der Waals surface area contributed by atoms with Crippen molar-refractivity contribution in [3.8, 4) is 0 Å². The molecule has 2 rings (SSSR count). The van der Waals surface area contributed by atoms with E-state index < -0.39 is 5.97 Å². The van der Waals surface area contributed by atoms with Gasteiger partial charge in [0.25, 0.3) is 0 Å². The molecular weight excluding hydrogens is 170 g/mol. The summed E-state index contributed by atoms with van der Waals surface area (Å²) < 4.78 is 5.09. The molecule has 0 aliphatic carbocycles. The molecule has 66 valence electrons. The van der Waals surface area contributed by atoms with Gasteiger partial charge in [-0.1, -0.05) is 0 Å². The lowest BCUT2D eigenvalue weighted by Crippen LogP contribution is -2.17. The smallest absolute Gasteiger partial charge is 0.371 e. The zero-order valence-corrected chi connectivity index (χ0v) is 6.65. The monoisotopic (exact) mass is 177 g/mol. The van der Waals surface area contributed by atoms with Crippen LogP contribution < -0.4 is 5.32 Å². The van der Waals surface area contributed by atoms with Crippen LogP contribution in [0, 0.1) is 0 Å². The predicted octanol–water partition coefficient (Wildman–Crippen LogP) is 0.870. The summed E-state index contributed by atoms with van der Waals surface area (Å²) in [6.45, 7) is 0. The molecule has 0 atom stereocenters. The highest BCUT2D eigenvalue weighted by atomic mass is 16.5. The molecule has 0 amide bonds. The maximum Gasteiger partial charge on any atom is 0.371 e. The van der Waals surface area contributed by atoms with E-state index in [-0.39, 0.29) is 5.76 Å². The lowest BCUT2D eigenvalue weighted by atomic mass is 10.2. The zero-order chi connectivity index (χ0) is 9.26. The minimum atomic E-state index is -1.06. The van der Waals surface area contributed by atoms with Gasteiger partial charge in [0.1, 0.15) is 0 Å². The molecule has 0 bridgehead atoms. The van der Waals surface area contributed by atoms with E-state index in [2.05, 4.69) is 5.32 Å². The van der Waals surface area contributed by atoms with E-state index in [1.807, 2.05) is 0 Å². The second-order valence-corrected chi connectivity index (χ2v) is 2.55. The Balaban J connectivity index is 2.32. The molecule has 0 saturated heterocycles. The minimum Gasteiger partial charge on any atom is -0.475 e. The highest BCUT2D eigenvalue weighted by molar-refractivity contribution is 5.85. The Kier molecular flexibility index (Phi) is 1.66. The van der Waals surface area contributed by atoms with Crippen molar-refractivity contribution >= 4 is 5.97 Å². The second kappa shape index (κ2) is 2.82. The van der Waals surface area contributed by atoms with Gasteiger partial charge in [-0.15, -0.1) is 0 Å². The number of carboxylic acid groups (broad SMARTS) is 1. The number of hydrogen-bond donors (Lipinski definition) is 2. The van der Waals surface area contributed by atoms with Gasteiger partial charge in [-0.05, 0) is 24.3 Å². The molecule has 13 heavy (non-hydrogen) atoms. The van der Waals surface area contributed by atoms with Crippen LogP contribution >= 0.6 is 0 Å². The molecule has 2 N–H and O–H groups in total. The van der Waals surface area contributed by atoms with Gasteiger partial charge in [-0.3, -0.25) is 0 Å². The Morgan fingerprint density at radius 2 is 2.23 bits per heavy atom. The average Bonchev–Trinajstić information content (AvgIpc) is 2.17. The van der Waals surface area contributed by atoms with Crippen LogP contribution in [0.4, 0.5) is 0 Å². The first-order valence-corrected chi connectivity index (χ1v) is 3.74. The summed E-state index contributed by atoms with van der Waals surface area (Å²) in [6.07, 6.45) is 8.29. The van der Waals surface area contributed by atoms with Gasteiger partial charge < -0.3 is 15.2 Å². The van der Waals surface area contributed by atoms with Gasteiger partial charge in [-0.2, -0.15) is 0 Å². The largest absolute Gasteiger partial charge is 0.475 e. The molecule has 0 aromatic carbocycles. The van der Waals surface area contributed by atoms with Crippen LogP contribution in [0.15, 0.2) is 47.7 Å². The van der Waals surface area contributed by atoms with Gasteiger partial charge in [-0.25, -0.2) is 4.79 Å². The summed E-state index contributed by atoms with van der Waals surface area (Å²) >= 11 is 0. The molecule has 0 aromatic rings. The van der Waals surface area contributed by atoms with Gasteiger partial charge in [0.2, 0.25) is 5.76 Å².